The summed E-state index contributed by atoms with van der Waals surface area (Å²) in [6.45, 7) is 3.43. The Labute approximate surface area is 108 Å². The lowest BCUT2D eigenvalue weighted by Gasteiger charge is -2.41. The maximum atomic E-state index is 12.6. The fraction of sp³-hybridized carbons (Fsp3) is 0.462. The molecule has 0 aliphatic carbocycles. The van der Waals surface area contributed by atoms with E-state index < -0.39 is 17.7 Å². The first-order chi connectivity index (χ1) is 8.82. The van der Waals surface area contributed by atoms with Crippen molar-refractivity contribution in [2.45, 2.75) is 19.5 Å². The highest BCUT2D eigenvalue weighted by Gasteiger charge is 2.34. The smallest absolute Gasteiger partial charge is 0.416 e. The minimum atomic E-state index is -4.52. The minimum absolute atomic E-state index is 0.288. The lowest BCUT2D eigenvalue weighted by atomic mass is 9.95. The summed E-state index contributed by atoms with van der Waals surface area (Å²) >= 11 is 0. The summed E-state index contributed by atoms with van der Waals surface area (Å²) in [6.07, 6.45) is -3.54. The zero-order valence-electron chi connectivity index (χ0n) is 10.4. The van der Waals surface area contributed by atoms with Crippen LogP contribution < -0.4 is 4.90 Å². The van der Waals surface area contributed by atoms with Crippen LogP contribution in [0.4, 0.5) is 18.9 Å². The molecule has 0 unspecified atom stereocenters. The molecule has 3 nitrogen and oxygen atoms in total. The first kappa shape index (κ1) is 13.7. The third-order valence-electron chi connectivity index (χ3n) is 3.43. The van der Waals surface area contributed by atoms with Gasteiger partial charge in [0.2, 0.25) is 0 Å². The molecule has 1 aromatic carbocycles. The van der Waals surface area contributed by atoms with Crippen LogP contribution in [0.3, 0.4) is 0 Å². The first-order valence-corrected chi connectivity index (χ1v) is 6.02. The van der Waals surface area contributed by atoms with Gasteiger partial charge in [-0.15, -0.1) is 0 Å². The molecular weight excluding hydrogens is 259 g/mol. The molecule has 1 aromatic rings. The van der Waals surface area contributed by atoms with Gasteiger partial charge < -0.3 is 10.0 Å². The molecular formula is C13H14F3NO2. The van der Waals surface area contributed by atoms with Crippen LogP contribution in [0.1, 0.15) is 29.3 Å². The lowest BCUT2D eigenvalue weighted by molar-refractivity contribution is -0.137. The van der Waals surface area contributed by atoms with Gasteiger partial charge in [-0.05, 0) is 30.5 Å². The molecule has 2 rings (SSSR count). The second kappa shape index (κ2) is 4.75. The molecule has 1 aliphatic rings. The summed E-state index contributed by atoms with van der Waals surface area (Å²) in [5, 5.41) is 9.05. The molecule has 104 valence electrons. The topological polar surface area (TPSA) is 40.5 Å². The molecule has 0 aromatic heterocycles. The van der Waals surface area contributed by atoms with Crippen LogP contribution in [-0.2, 0) is 6.18 Å². The number of benzene rings is 1. The largest absolute Gasteiger partial charge is 0.478 e. The second-order valence-corrected chi connectivity index (χ2v) is 4.71. The van der Waals surface area contributed by atoms with Gasteiger partial charge in [-0.25, -0.2) is 4.79 Å². The highest BCUT2D eigenvalue weighted by Crippen LogP contribution is 2.35. The Morgan fingerprint density at radius 3 is 2.53 bits per heavy atom. The quantitative estimate of drug-likeness (QED) is 0.919. The van der Waals surface area contributed by atoms with Crippen LogP contribution in [0.25, 0.3) is 0 Å². The number of carboxylic acid groups (broad SMARTS) is 1. The summed E-state index contributed by atoms with van der Waals surface area (Å²) in [4.78, 5) is 12.9. The third kappa shape index (κ3) is 2.67. The van der Waals surface area contributed by atoms with Gasteiger partial charge in [0.15, 0.2) is 0 Å². The predicted molar refractivity (Wildman–Crippen MR) is 64.4 cm³/mol. The van der Waals surface area contributed by atoms with E-state index in [1.165, 1.54) is 6.07 Å². The van der Waals surface area contributed by atoms with E-state index in [9.17, 15) is 18.0 Å². The monoisotopic (exact) mass is 273 g/mol. The van der Waals surface area contributed by atoms with Gasteiger partial charge in [0.25, 0.3) is 0 Å². The second-order valence-electron chi connectivity index (χ2n) is 4.71. The Morgan fingerprint density at radius 2 is 2.05 bits per heavy atom. The molecule has 1 saturated heterocycles. The van der Waals surface area contributed by atoms with Gasteiger partial charge in [0.05, 0.1) is 16.8 Å². The average Bonchev–Trinajstić information content (AvgIpc) is 2.26. The van der Waals surface area contributed by atoms with Gasteiger partial charge >= 0.3 is 12.1 Å². The Kier molecular flexibility index (Phi) is 3.43. The van der Waals surface area contributed by atoms with Crippen LogP contribution in [0.2, 0.25) is 0 Å². The Balaban J connectivity index is 2.32. The number of anilines is 1. The standard InChI is InChI=1S/C13H14F3NO2/c1-2-8-6-17(7-8)11-4-3-9(13(14,15)16)5-10(11)12(18)19/h3-5,8H,2,6-7H2,1H3,(H,18,19). The summed E-state index contributed by atoms with van der Waals surface area (Å²) in [7, 11) is 0. The first-order valence-electron chi connectivity index (χ1n) is 6.02. The van der Waals surface area contributed by atoms with Gasteiger partial charge in [-0.1, -0.05) is 6.92 Å². The summed E-state index contributed by atoms with van der Waals surface area (Å²) in [5.74, 6) is -0.843. The van der Waals surface area contributed by atoms with Crippen molar-refractivity contribution in [2.24, 2.45) is 5.92 Å². The van der Waals surface area contributed by atoms with E-state index in [1.54, 1.807) is 4.90 Å². The molecule has 0 amide bonds. The van der Waals surface area contributed by atoms with E-state index in [1.807, 2.05) is 6.92 Å². The molecule has 0 radical (unpaired) electrons. The Morgan fingerprint density at radius 1 is 1.42 bits per heavy atom. The van der Waals surface area contributed by atoms with E-state index in [2.05, 4.69) is 0 Å². The van der Waals surface area contributed by atoms with Crippen molar-refractivity contribution in [3.8, 4) is 0 Å². The number of halogens is 3. The van der Waals surface area contributed by atoms with Gasteiger partial charge in [-0.3, -0.25) is 0 Å². The maximum absolute atomic E-state index is 12.6. The SMILES string of the molecule is CCC1CN(c2ccc(C(F)(F)F)cc2C(=O)O)C1. The summed E-state index contributed by atoms with van der Waals surface area (Å²) in [6, 6.07) is 2.89. The fourth-order valence-electron chi connectivity index (χ4n) is 2.18. The van der Waals surface area contributed by atoms with Crippen molar-refractivity contribution in [3.05, 3.63) is 29.3 Å². The van der Waals surface area contributed by atoms with Gasteiger partial charge in [0, 0.05) is 13.1 Å². The Hall–Kier alpha value is -1.72. The van der Waals surface area contributed by atoms with E-state index in [0.717, 1.165) is 12.5 Å². The maximum Gasteiger partial charge on any atom is 0.416 e. The number of nitrogens with zero attached hydrogens (tertiary/aromatic N) is 1. The molecule has 6 heteroatoms. The molecule has 1 N–H and O–H groups in total. The zero-order chi connectivity index (χ0) is 14.2. The Bertz CT molecular complexity index is 493. The fourth-order valence-corrected chi connectivity index (χ4v) is 2.18. The van der Waals surface area contributed by atoms with Gasteiger partial charge in [0.1, 0.15) is 0 Å². The predicted octanol–water partition coefficient (Wildman–Crippen LogP) is 3.25. The normalized spacial score (nSPS) is 16.3. The number of carbonyl (C=O) groups is 1. The molecule has 0 atom stereocenters. The molecule has 19 heavy (non-hydrogen) atoms. The molecule has 1 fully saturated rings. The number of hydrogen-bond donors (Lipinski definition) is 1. The molecule has 0 bridgehead atoms. The van der Waals surface area contributed by atoms with E-state index in [-0.39, 0.29) is 5.56 Å². The summed E-state index contributed by atoms with van der Waals surface area (Å²) < 4.78 is 37.7. The number of alkyl halides is 3. The van der Waals surface area contributed by atoms with Crippen LogP contribution in [0.15, 0.2) is 18.2 Å². The van der Waals surface area contributed by atoms with Crippen molar-refractivity contribution in [2.75, 3.05) is 18.0 Å². The van der Waals surface area contributed by atoms with Crippen molar-refractivity contribution < 1.29 is 23.1 Å². The minimum Gasteiger partial charge on any atom is -0.478 e. The van der Waals surface area contributed by atoms with E-state index in [4.69, 9.17) is 5.11 Å². The summed E-state index contributed by atoms with van der Waals surface area (Å²) in [5.41, 5.74) is -0.851. The molecule has 1 heterocycles. The molecule has 0 spiro atoms. The number of hydrogen-bond acceptors (Lipinski definition) is 2. The number of carboxylic acids is 1. The van der Waals surface area contributed by atoms with Crippen molar-refractivity contribution >= 4 is 11.7 Å². The third-order valence-corrected chi connectivity index (χ3v) is 3.43. The van der Waals surface area contributed by atoms with E-state index in [0.29, 0.717) is 30.8 Å². The van der Waals surface area contributed by atoms with Crippen LogP contribution in [0.5, 0.6) is 0 Å². The van der Waals surface area contributed by atoms with Crippen molar-refractivity contribution in [3.63, 3.8) is 0 Å². The van der Waals surface area contributed by atoms with Crippen molar-refractivity contribution in [1.82, 2.24) is 0 Å². The average molecular weight is 273 g/mol. The molecule has 0 saturated carbocycles. The molecule has 1 aliphatic heterocycles. The lowest BCUT2D eigenvalue weighted by Crippen LogP contribution is -2.47. The zero-order valence-corrected chi connectivity index (χ0v) is 10.4. The van der Waals surface area contributed by atoms with Crippen LogP contribution in [-0.4, -0.2) is 24.2 Å². The van der Waals surface area contributed by atoms with E-state index >= 15 is 0 Å². The van der Waals surface area contributed by atoms with Crippen LogP contribution >= 0.6 is 0 Å². The number of rotatable bonds is 3. The highest BCUT2D eigenvalue weighted by molar-refractivity contribution is 5.95. The van der Waals surface area contributed by atoms with Crippen LogP contribution in [0, 0.1) is 5.92 Å². The number of aromatic carboxylic acids is 1. The van der Waals surface area contributed by atoms with Crippen molar-refractivity contribution in [1.29, 1.82) is 0 Å². The highest BCUT2D eigenvalue weighted by atomic mass is 19.4. The van der Waals surface area contributed by atoms with Gasteiger partial charge in [-0.2, -0.15) is 13.2 Å².